The van der Waals surface area contributed by atoms with Crippen molar-refractivity contribution in [3.63, 3.8) is 0 Å². The second-order valence-electron chi connectivity index (χ2n) is 9.98. The molecule has 2 fully saturated rings. The Hall–Kier alpha value is 0.137. The second kappa shape index (κ2) is 15.0. The molecule has 0 N–H and O–H groups in total. The molecule has 2 aliphatic rings. The topological polar surface area (TPSA) is 18.5 Å². The van der Waals surface area contributed by atoms with Crippen molar-refractivity contribution in [3.8, 4) is 0 Å². The molecule has 0 spiro atoms. The zero-order valence-corrected chi connectivity index (χ0v) is 21.2. The van der Waals surface area contributed by atoms with Gasteiger partial charge in [-0.15, -0.1) is 0 Å². The first-order chi connectivity index (χ1) is 14.3. The molecular weight excluding hydrogens is 372 g/mol. The fraction of sp³-hybridized carbons (Fsp3) is 1.00. The first-order valence-corrected chi connectivity index (χ1v) is 15.7. The SMILES string of the molecule is CCCCCCCC[Si](OCCC)(OC(CC)C1CCCCC1)C1CCCCC1. The fourth-order valence-electron chi connectivity index (χ4n) is 5.83. The van der Waals surface area contributed by atoms with E-state index in [0.717, 1.165) is 24.5 Å². The summed E-state index contributed by atoms with van der Waals surface area (Å²) in [5, 5.41) is 0. The van der Waals surface area contributed by atoms with Crippen molar-refractivity contribution in [1.82, 2.24) is 0 Å². The Kier molecular flexibility index (Phi) is 13.2. The van der Waals surface area contributed by atoms with Crippen molar-refractivity contribution >= 4 is 8.56 Å². The minimum absolute atomic E-state index is 0.459. The summed E-state index contributed by atoms with van der Waals surface area (Å²) in [5.74, 6) is 0.791. The molecule has 2 rings (SSSR count). The Bertz CT molecular complexity index is 390. The lowest BCUT2D eigenvalue weighted by Crippen LogP contribution is -2.51. The first-order valence-electron chi connectivity index (χ1n) is 13.6. The van der Waals surface area contributed by atoms with Gasteiger partial charge in [-0.1, -0.05) is 97.8 Å². The zero-order chi connectivity index (χ0) is 20.8. The highest BCUT2D eigenvalue weighted by Crippen LogP contribution is 2.44. The van der Waals surface area contributed by atoms with E-state index < -0.39 is 8.56 Å². The quantitative estimate of drug-likeness (QED) is 0.193. The number of rotatable bonds is 15. The van der Waals surface area contributed by atoms with Crippen molar-refractivity contribution in [3.05, 3.63) is 0 Å². The third kappa shape index (κ3) is 8.65. The summed E-state index contributed by atoms with van der Waals surface area (Å²) in [6.45, 7) is 7.86. The Balaban J connectivity index is 2.08. The highest BCUT2D eigenvalue weighted by Gasteiger charge is 2.48. The van der Waals surface area contributed by atoms with Gasteiger partial charge in [0.2, 0.25) is 0 Å². The van der Waals surface area contributed by atoms with E-state index >= 15 is 0 Å². The molecule has 0 heterocycles. The van der Waals surface area contributed by atoms with Crippen LogP contribution in [0.2, 0.25) is 11.6 Å². The summed E-state index contributed by atoms with van der Waals surface area (Å²) in [4.78, 5) is 0. The van der Waals surface area contributed by atoms with Crippen LogP contribution >= 0.6 is 0 Å². The van der Waals surface area contributed by atoms with Crippen LogP contribution in [0.4, 0.5) is 0 Å². The van der Waals surface area contributed by atoms with Crippen LogP contribution < -0.4 is 0 Å². The van der Waals surface area contributed by atoms with Gasteiger partial charge >= 0.3 is 8.56 Å². The van der Waals surface area contributed by atoms with Crippen LogP contribution in [-0.4, -0.2) is 21.3 Å². The molecule has 0 saturated heterocycles. The van der Waals surface area contributed by atoms with Crippen molar-refractivity contribution in [2.24, 2.45) is 5.92 Å². The van der Waals surface area contributed by atoms with Gasteiger partial charge in [0, 0.05) is 18.3 Å². The molecule has 2 unspecified atom stereocenters. The van der Waals surface area contributed by atoms with Crippen LogP contribution in [-0.2, 0) is 8.85 Å². The Morgan fingerprint density at radius 2 is 1.34 bits per heavy atom. The van der Waals surface area contributed by atoms with Gasteiger partial charge in [-0.3, -0.25) is 0 Å². The Morgan fingerprint density at radius 3 is 1.97 bits per heavy atom. The molecule has 2 nitrogen and oxygen atoms in total. The van der Waals surface area contributed by atoms with E-state index in [4.69, 9.17) is 8.85 Å². The molecule has 0 aromatic heterocycles. The maximum Gasteiger partial charge on any atom is 0.341 e. The Morgan fingerprint density at radius 1 is 0.724 bits per heavy atom. The van der Waals surface area contributed by atoms with E-state index in [1.165, 1.54) is 115 Å². The van der Waals surface area contributed by atoms with Gasteiger partial charge in [-0.05, 0) is 50.5 Å². The molecule has 0 bridgehead atoms. The molecule has 29 heavy (non-hydrogen) atoms. The average molecular weight is 425 g/mol. The van der Waals surface area contributed by atoms with Gasteiger partial charge < -0.3 is 8.85 Å². The summed E-state index contributed by atoms with van der Waals surface area (Å²) in [6, 6.07) is 1.26. The summed E-state index contributed by atoms with van der Waals surface area (Å²) in [5.41, 5.74) is 0.746. The maximum absolute atomic E-state index is 7.31. The fourth-order valence-corrected chi connectivity index (χ4v) is 10.4. The minimum Gasteiger partial charge on any atom is -0.394 e. The van der Waals surface area contributed by atoms with Crippen LogP contribution in [0.15, 0.2) is 0 Å². The van der Waals surface area contributed by atoms with Gasteiger partial charge in [-0.2, -0.15) is 0 Å². The normalized spacial score (nSPS) is 22.4. The van der Waals surface area contributed by atoms with Crippen molar-refractivity contribution in [2.75, 3.05) is 6.61 Å². The summed E-state index contributed by atoms with van der Waals surface area (Å²) >= 11 is 0. The largest absolute Gasteiger partial charge is 0.394 e. The molecule has 3 heteroatoms. The van der Waals surface area contributed by atoms with Crippen molar-refractivity contribution in [1.29, 1.82) is 0 Å². The van der Waals surface area contributed by atoms with E-state index in [9.17, 15) is 0 Å². The number of unbranched alkanes of at least 4 members (excludes halogenated alkanes) is 5. The highest BCUT2D eigenvalue weighted by atomic mass is 28.4. The van der Waals surface area contributed by atoms with Crippen LogP contribution in [0.1, 0.15) is 136 Å². The summed E-state index contributed by atoms with van der Waals surface area (Å²) < 4.78 is 14.2. The Labute approximate surface area is 184 Å². The smallest absolute Gasteiger partial charge is 0.341 e. The molecule has 0 aromatic carbocycles. The van der Waals surface area contributed by atoms with Crippen LogP contribution in [0.3, 0.4) is 0 Å². The van der Waals surface area contributed by atoms with Crippen molar-refractivity contribution in [2.45, 2.75) is 154 Å². The molecule has 2 atom stereocenters. The van der Waals surface area contributed by atoms with E-state index in [2.05, 4.69) is 20.8 Å². The van der Waals surface area contributed by atoms with E-state index in [-0.39, 0.29) is 0 Å². The van der Waals surface area contributed by atoms with Gasteiger partial charge in [0.05, 0.1) is 0 Å². The molecule has 0 aromatic rings. The number of hydrogen-bond acceptors (Lipinski definition) is 2. The third-order valence-corrected chi connectivity index (χ3v) is 11.9. The van der Waals surface area contributed by atoms with Gasteiger partial charge in [-0.25, -0.2) is 0 Å². The standard InChI is InChI=1S/C26H52O2Si/c1-4-7-8-9-10-17-23-29(27-22-5-2,25-20-15-12-16-21-25)28-26(6-3)24-18-13-11-14-19-24/h24-26H,4-23H2,1-3H3. The van der Waals surface area contributed by atoms with Crippen LogP contribution in [0.5, 0.6) is 0 Å². The lowest BCUT2D eigenvalue weighted by molar-refractivity contribution is 0.0456. The molecular formula is C26H52O2Si. The second-order valence-corrected chi connectivity index (χ2v) is 13.4. The number of hydrogen-bond donors (Lipinski definition) is 0. The molecule has 0 amide bonds. The lowest BCUT2D eigenvalue weighted by atomic mass is 9.84. The predicted molar refractivity (Wildman–Crippen MR) is 129 cm³/mol. The maximum atomic E-state index is 7.31. The first kappa shape index (κ1) is 25.4. The lowest BCUT2D eigenvalue weighted by Gasteiger charge is -2.44. The molecule has 172 valence electrons. The molecule has 2 aliphatic carbocycles. The van der Waals surface area contributed by atoms with Crippen molar-refractivity contribution < 1.29 is 8.85 Å². The van der Waals surface area contributed by atoms with E-state index in [1.54, 1.807) is 0 Å². The monoisotopic (exact) mass is 424 g/mol. The zero-order valence-electron chi connectivity index (χ0n) is 20.2. The summed E-state index contributed by atoms with van der Waals surface area (Å²) in [6.07, 6.45) is 25.0. The third-order valence-electron chi connectivity index (χ3n) is 7.59. The van der Waals surface area contributed by atoms with Crippen LogP contribution in [0.25, 0.3) is 0 Å². The highest BCUT2D eigenvalue weighted by molar-refractivity contribution is 6.69. The van der Waals surface area contributed by atoms with Gasteiger partial charge in [0.25, 0.3) is 0 Å². The van der Waals surface area contributed by atoms with Gasteiger partial charge in [0.1, 0.15) is 0 Å². The molecule has 0 aliphatic heterocycles. The van der Waals surface area contributed by atoms with E-state index in [1.807, 2.05) is 0 Å². The molecule has 2 saturated carbocycles. The van der Waals surface area contributed by atoms with E-state index in [0.29, 0.717) is 6.10 Å². The average Bonchev–Trinajstić information content (AvgIpc) is 2.79. The van der Waals surface area contributed by atoms with Gasteiger partial charge in [0.15, 0.2) is 0 Å². The predicted octanol–water partition coefficient (Wildman–Crippen LogP) is 8.93. The summed E-state index contributed by atoms with van der Waals surface area (Å²) in [7, 11) is -2.15. The molecule has 0 radical (unpaired) electrons. The minimum atomic E-state index is -2.15. The van der Waals surface area contributed by atoms with Crippen LogP contribution in [0, 0.1) is 5.92 Å².